The van der Waals surface area contributed by atoms with Gasteiger partial charge in [-0.15, -0.1) is 0 Å². The first-order chi connectivity index (χ1) is 7.79. The predicted molar refractivity (Wildman–Crippen MR) is 61.4 cm³/mol. The molecule has 2 rings (SSSR count). The topological polar surface area (TPSA) is 61.0 Å². The van der Waals surface area contributed by atoms with Gasteiger partial charge in [0.05, 0.1) is 16.9 Å². The van der Waals surface area contributed by atoms with Crippen molar-refractivity contribution in [1.29, 1.82) is 0 Å². The lowest BCUT2D eigenvalue weighted by Crippen LogP contribution is -2.01. The van der Waals surface area contributed by atoms with E-state index in [1.807, 2.05) is 12.1 Å². The maximum atomic E-state index is 5.95. The van der Waals surface area contributed by atoms with Crippen molar-refractivity contribution in [3.05, 3.63) is 47.4 Å². The van der Waals surface area contributed by atoms with Gasteiger partial charge in [-0.1, -0.05) is 23.7 Å². The smallest absolute Gasteiger partial charge is 0.238 e. The van der Waals surface area contributed by atoms with Gasteiger partial charge in [-0.05, 0) is 12.1 Å². The second-order valence-electron chi connectivity index (χ2n) is 3.09. The molecule has 0 spiro atoms. The molecule has 0 saturated carbocycles. The van der Waals surface area contributed by atoms with Crippen LogP contribution in [-0.2, 0) is 6.54 Å². The normalized spacial score (nSPS) is 10.1. The third-order valence-electron chi connectivity index (χ3n) is 1.92. The highest BCUT2D eigenvalue weighted by Crippen LogP contribution is 2.27. The minimum absolute atomic E-state index is 0.326. The number of aromatic nitrogens is 2. The van der Waals surface area contributed by atoms with Crippen molar-refractivity contribution in [1.82, 2.24) is 9.97 Å². The molecule has 0 bridgehead atoms. The van der Waals surface area contributed by atoms with Crippen LogP contribution >= 0.6 is 11.6 Å². The molecular formula is C11H10ClN3O. The predicted octanol–water partition coefficient (Wildman–Crippen LogP) is 2.38. The number of benzene rings is 1. The van der Waals surface area contributed by atoms with Crippen LogP contribution in [0.25, 0.3) is 0 Å². The SMILES string of the molecule is NCc1cncc(Oc2ccccc2Cl)n1. The maximum Gasteiger partial charge on any atom is 0.238 e. The maximum absolute atomic E-state index is 5.95. The number of nitrogens with two attached hydrogens (primary N) is 1. The van der Waals surface area contributed by atoms with Crippen molar-refractivity contribution in [2.75, 3.05) is 0 Å². The fourth-order valence-corrected chi connectivity index (χ4v) is 1.35. The highest BCUT2D eigenvalue weighted by atomic mass is 35.5. The van der Waals surface area contributed by atoms with Gasteiger partial charge in [0.1, 0.15) is 5.75 Å². The Kier molecular flexibility index (Phi) is 3.34. The van der Waals surface area contributed by atoms with E-state index in [0.29, 0.717) is 28.9 Å². The van der Waals surface area contributed by atoms with Crippen LogP contribution in [0.2, 0.25) is 5.02 Å². The number of rotatable bonds is 3. The third-order valence-corrected chi connectivity index (χ3v) is 2.23. The molecule has 4 nitrogen and oxygen atoms in total. The van der Waals surface area contributed by atoms with Crippen LogP contribution in [0.4, 0.5) is 0 Å². The first-order valence-electron chi connectivity index (χ1n) is 4.73. The Morgan fingerprint density at radius 3 is 2.81 bits per heavy atom. The average Bonchev–Trinajstić information content (AvgIpc) is 2.32. The fraction of sp³-hybridized carbons (Fsp3) is 0.0909. The van der Waals surface area contributed by atoms with Gasteiger partial charge in [0, 0.05) is 12.7 Å². The fourth-order valence-electron chi connectivity index (χ4n) is 1.17. The molecule has 16 heavy (non-hydrogen) atoms. The Morgan fingerprint density at radius 2 is 2.06 bits per heavy atom. The van der Waals surface area contributed by atoms with Crippen molar-refractivity contribution >= 4 is 11.6 Å². The molecule has 0 fully saturated rings. The molecule has 1 heterocycles. The Labute approximate surface area is 98.0 Å². The van der Waals surface area contributed by atoms with Gasteiger partial charge in [-0.3, -0.25) is 4.98 Å². The Hall–Kier alpha value is -1.65. The summed E-state index contributed by atoms with van der Waals surface area (Å²) in [7, 11) is 0. The van der Waals surface area contributed by atoms with Crippen LogP contribution in [0.15, 0.2) is 36.7 Å². The van der Waals surface area contributed by atoms with Crippen molar-refractivity contribution in [2.45, 2.75) is 6.54 Å². The van der Waals surface area contributed by atoms with E-state index in [4.69, 9.17) is 22.1 Å². The zero-order chi connectivity index (χ0) is 11.4. The summed E-state index contributed by atoms with van der Waals surface area (Å²) in [5, 5.41) is 0.530. The van der Waals surface area contributed by atoms with Gasteiger partial charge < -0.3 is 10.5 Å². The molecule has 5 heteroatoms. The average molecular weight is 236 g/mol. The van der Waals surface area contributed by atoms with Crippen molar-refractivity contribution in [3.8, 4) is 11.6 Å². The van der Waals surface area contributed by atoms with Gasteiger partial charge >= 0.3 is 0 Å². The van der Waals surface area contributed by atoms with Gasteiger partial charge in [-0.25, -0.2) is 4.98 Å². The van der Waals surface area contributed by atoms with Crippen molar-refractivity contribution < 1.29 is 4.74 Å². The summed E-state index contributed by atoms with van der Waals surface area (Å²) in [5.74, 6) is 0.934. The molecule has 2 N–H and O–H groups in total. The van der Waals surface area contributed by atoms with E-state index in [1.54, 1.807) is 18.3 Å². The van der Waals surface area contributed by atoms with Crippen LogP contribution in [-0.4, -0.2) is 9.97 Å². The van der Waals surface area contributed by atoms with E-state index < -0.39 is 0 Å². The largest absolute Gasteiger partial charge is 0.436 e. The summed E-state index contributed by atoms with van der Waals surface area (Å²) < 4.78 is 5.49. The Bertz CT molecular complexity index is 490. The second kappa shape index (κ2) is 4.92. The van der Waals surface area contributed by atoms with E-state index >= 15 is 0 Å². The van der Waals surface area contributed by atoms with Gasteiger partial charge in [0.2, 0.25) is 5.88 Å². The van der Waals surface area contributed by atoms with Crippen LogP contribution in [0.1, 0.15) is 5.69 Å². The number of halogens is 1. The number of nitrogens with zero attached hydrogens (tertiary/aromatic N) is 2. The number of hydrogen-bond donors (Lipinski definition) is 1. The van der Waals surface area contributed by atoms with E-state index in [0.717, 1.165) is 0 Å². The molecule has 0 radical (unpaired) electrons. The van der Waals surface area contributed by atoms with E-state index in [9.17, 15) is 0 Å². The molecule has 0 atom stereocenters. The van der Waals surface area contributed by atoms with Gasteiger partial charge in [0.15, 0.2) is 0 Å². The molecule has 82 valence electrons. The lowest BCUT2D eigenvalue weighted by atomic mass is 10.3. The first-order valence-corrected chi connectivity index (χ1v) is 5.11. The first kappa shape index (κ1) is 10.9. The summed E-state index contributed by atoms with van der Waals surface area (Å²) in [6.07, 6.45) is 3.11. The standard InChI is InChI=1S/C11H10ClN3O/c12-9-3-1-2-4-10(9)16-11-7-14-6-8(5-13)15-11/h1-4,6-7H,5,13H2. The van der Waals surface area contributed by atoms with Crippen molar-refractivity contribution in [2.24, 2.45) is 5.73 Å². The number of hydrogen-bond acceptors (Lipinski definition) is 4. The molecule has 0 aliphatic heterocycles. The van der Waals surface area contributed by atoms with Gasteiger partial charge in [0.25, 0.3) is 0 Å². The van der Waals surface area contributed by atoms with E-state index in [2.05, 4.69) is 9.97 Å². The Morgan fingerprint density at radius 1 is 1.25 bits per heavy atom. The highest BCUT2D eigenvalue weighted by molar-refractivity contribution is 6.32. The zero-order valence-corrected chi connectivity index (χ0v) is 9.19. The highest BCUT2D eigenvalue weighted by Gasteiger charge is 2.03. The summed E-state index contributed by atoms with van der Waals surface area (Å²) in [5.41, 5.74) is 6.13. The number of para-hydroxylation sites is 1. The number of ether oxygens (including phenoxy) is 1. The molecule has 0 aliphatic carbocycles. The summed E-state index contributed by atoms with van der Waals surface area (Å²) in [6, 6.07) is 7.18. The minimum Gasteiger partial charge on any atom is -0.436 e. The molecule has 1 aromatic carbocycles. The molecule has 0 saturated heterocycles. The lowest BCUT2D eigenvalue weighted by Gasteiger charge is -2.06. The monoisotopic (exact) mass is 235 g/mol. The summed E-state index contributed by atoms with van der Waals surface area (Å²) in [6.45, 7) is 0.326. The summed E-state index contributed by atoms with van der Waals surface area (Å²) in [4.78, 5) is 8.13. The van der Waals surface area contributed by atoms with E-state index in [-0.39, 0.29) is 0 Å². The molecule has 0 amide bonds. The molecule has 0 aliphatic rings. The van der Waals surface area contributed by atoms with Crippen LogP contribution in [0, 0.1) is 0 Å². The van der Waals surface area contributed by atoms with Crippen LogP contribution in [0.3, 0.4) is 0 Å². The van der Waals surface area contributed by atoms with Crippen LogP contribution in [0.5, 0.6) is 11.6 Å². The molecule has 1 aromatic heterocycles. The quantitative estimate of drug-likeness (QED) is 0.887. The van der Waals surface area contributed by atoms with E-state index in [1.165, 1.54) is 6.20 Å². The Balaban J connectivity index is 2.24. The lowest BCUT2D eigenvalue weighted by molar-refractivity contribution is 0.458. The zero-order valence-electron chi connectivity index (χ0n) is 8.43. The third kappa shape index (κ3) is 2.48. The van der Waals surface area contributed by atoms with Crippen LogP contribution < -0.4 is 10.5 Å². The van der Waals surface area contributed by atoms with Crippen molar-refractivity contribution in [3.63, 3.8) is 0 Å². The second-order valence-corrected chi connectivity index (χ2v) is 3.49. The molecule has 2 aromatic rings. The minimum atomic E-state index is 0.326. The molecular weight excluding hydrogens is 226 g/mol. The summed E-state index contributed by atoms with van der Waals surface area (Å²) >= 11 is 5.95. The molecule has 0 unspecified atom stereocenters. The van der Waals surface area contributed by atoms with Gasteiger partial charge in [-0.2, -0.15) is 0 Å².